The Morgan fingerprint density at radius 1 is 1.15 bits per heavy atom. The van der Waals surface area contributed by atoms with Crippen LogP contribution in [0.2, 0.25) is 5.02 Å². The van der Waals surface area contributed by atoms with Crippen LogP contribution in [-0.2, 0) is 14.8 Å². The first-order valence-corrected chi connectivity index (χ1v) is 13.0. The lowest BCUT2D eigenvalue weighted by molar-refractivity contribution is -0.119. The number of nitrogens with zero attached hydrogens (tertiary/aromatic N) is 3. The number of hydrogen-bond acceptors (Lipinski definition) is 4. The molecule has 1 aromatic heterocycles. The number of hydrogen-bond donors (Lipinski definition) is 1. The number of amides is 1. The van der Waals surface area contributed by atoms with Gasteiger partial charge in [-0.1, -0.05) is 27.5 Å². The molecule has 1 amide bonds. The molecule has 7 nitrogen and oxygen atoms in total. The van der Waals surface area contributed by atoms with Gasteiger partial charge in [0.15, 0.2) is 0 Å². The summed E-state index contributed by atoms with van der Waals surface area (Å²) in [4.78, 5) is 12.5. The summed E-state index contributed by atoms with van der Waals surface area (Å²) < 4.78 is 28.7. The van der Waals surface area contributed by atoms with Crippen LogP contribution in [0.15, 0.2) is 58.1 Å². The van der Waals surface area contributed by atoms with Crippen LogP contribution in [0.25, 0.3) is 5.69 Å². The first kappa shape index (κ1) is 25.0. The first-order chi connectivity index (χ1) is 15.5. The molecule has 0 unspecified atom stereocenters. The lowest BCUT2D eigenvalue weighted by Gasteiger charge is -2.23. The summed E-state index contributed by atoms with van der Waals surface area (Å²) in [5.74, 6) is -0.562. The number of anilines is 1. The van der Waals surface area contributed by atoms with Crippen molar-refractivity contribution in [1.82, 2.24) is 9.99 Å². The third kappa shape index (κ3) is 6.04. The van der Waals surface area contributed by atoms with E-state index in [1.165, 1.54) is 0 Å². The molecular formula is C23H24BrClN4O3S. The fourth-order valence-electron chi connectivity index (χ4n) is 3.53. The number of rotatable bonds is 7. The normalized spacial score (nSPS) is 11.7. The minimum Gasteiger partial charge on any atom is -0.318 e. The number of hydrazone groups is 1. The molecule has 0 saturated carbocycles. The minimum absolute atomic E-state index is 0.388. The van der Waals surface area contributed by atoms with Crippen molar-refractivity contribution in [2.24, 2.45) is 5.10 Å². The van der Waals surface area contributed by atoms with Gasteiger partial charge in [-0.2, -0.15) is 5.10 Å². The van der Waals surface area contributed by atoms with Crippen LogP contribution in [0.1, 0.15) is 22.5 Å². The Bertz CT molecular complexity index is 1320. The molecule has 0 fully saturated rings. The van der Waals surface area contributed by atoms with E-state index < -0.39 is 22.5 Å². The molecule has 0 bridgehead atoms. The Balaban J connectivity index is 1.75. The lowest BCUT2D eigenvalue weighted by atomic mass is 10.2. The number of aromatic nitrogens is 1. The summed E-state index contributed by atoms with van der Waals surface area (Å²) in [7, 11) is -3.70. The maximum absolute atomic E-state index is 12.5. The van der Waals surface area contributed by atoms with E-state index in [0.29, 0.717) is 16.3 Å². The Kier molecular flexibility index (Phi) is 7.66. The van der Waals surface area contributed by atoms with Crippen molar-refractivity contribution in [2.45, 2.75) is 20.8 Å². The zero-order chi connectivity index (χ0) is 24.3. The number of aryl methyl sites for hydroxylation is 2. The number of sulfonamides is 1. The molecule has 2 aromatic carbocycles. The molecular weight excluding hydrogens is 528 g/mol. The molecule has 33 heavy (non-hydrogen) atoms. The third-order valence-corrected chi connectivity index (χ3v) is 6.95. The molecule has 1 heterocycles. The Labute approximate surface area is 207 Å². The van der Waals surface area contributed by atoms with Crippen LogP contribution >= 0.6 is 27.5 Å². The molecule has 174 valence electrons. The number of benzene rings is 2. The van der Waals surface area contributed by atoms with Gasteiger partial charge >= 0.3 is 0 Å². The van der Waals surface area contributed by atoms with E-state index in [2.05, 4.69) is 31.0 Å². The van der Waals surface area contributed by atoms with Gasteiger partial charge in [0.05, 0.1) is 18.2 Å². The van der Waals surface area contributed by atoms with Crippen molar-refractivity contribution in [3.05, 3.63) is 80.5 Å². The Hall–Kier alpha value is -2.62. The highest BCUT2D eigenvalue weighted by Gasteiger charge is 2.22. The van der Waals surface area contributed by atoms with Crippen LogP contribution in [0, 0.1) is 20.8 Å². The molecule has 0 aliphatic heterocycles. The van der Waals surface area contributed by atoms with Gasteiger partial charge in [0.25, 0.3) is 5.91 Å². The fraction of sp³-hybridized carbons (Fsp3) is 0.217. The van der Waals surface area contributed by atoms with E-state index in [1.807, 2.05) is 44.2 Å². The van der Waals surface area contributed by atoms with Crippen molar-refractivity contribution in [2.75, 3.05) is 17.1 Å². The van der Waals surface area contributed by atoms with Crippen molar-refractivity contribution >= 4 is 55.4 Å². The molecule has 3 rings (SSSR count). The molecule has 0 aliphatic rings. The van der Waals surface area contributed by atoms with E-state index in [1.54, 1.807) is 31.3 Å². The molecule has 0 atom stereocenters. The van der Waals surface area contributed by atoms with Crippen LogP contribution in [0.3, 0.4) is 0 Å². The van der Waals surface area contributed by atoms with Crippen molar-refractivity contribution in [3.63, 3.8) is 0 Å². The highest BCUT2D eigenvalue weighted by atomic mass is 79.9. The van der Waals surface area contributed by atoms with E-state index >= 15 is 0 Å². The first-order valence-electron chi connectivity index (χ1n) is 9.98. The average molecular weight is 552 g/mol. The quantitative estimate of drug-likeness (QED) is 0.340. The average Bonchev–Trinajstić information content (AvgIpc) is 3.00. The molecule has 0 saturated heterocycles. The van der Waals surface area contributed by atoms with Gasteiger partial charge in [0.2, 0.25) is 10.0 Å². The molecule has 3 aromatic rings. The monoisotopic (exact) mass is 550 g/mol. The van der Waals surface area contributed by atoms with Crippen LogP contribution in [-0.4, -0.2) is 37.9 Å². The van der Waals surface area contributed by atoms with Crippen molar-refractivity contribution in [1.29, 1.82) is 0 Å². The highest BCUT2D eigenvalue weighted by molar-refractivity contribution is 9.10. The largest absolute Gasteiger partial charge is 0.318 e. The molecule has 0 aliphatic carbocycles. The van der Waals surface area contributed by atoms with Gasteiger partial charge in [-0.3, -0.25) is 9.10 Å². The topological polar surface area (TPSA) is 83.8 Å². The van der Waals surface area contributed by atoms with Gasteiger partial charge in [0, 0.05) is 32.1 Å². The SMILES string of the molecule is Cc1cc(Cl)ccc1N(CC(=O)N/N=C\c1cc(C)n(-c2ccc(Br)cc2)c1C)S(C)(=O)=O. The lowest BCUT2D eigenvalue weighted by Crippen LogP contribution is -2.39. The van der Waals surface area contributed by atoms with Crippen LogP contribution in [0.5, 0.6) is 0 Å². The zero-order valence-corrected chi connectivity index (χ0v) is 21.8. The number of halogens is 2. The molecule has 1 N–H and O–H groups in total. The maximum Gasteiger partial charge on any atom is 0.260 e. The number of carbonyl (C=O) groups is 1. The smallest absolute Gasteiger partial charge is 0.260 e. The standard InChI is InChI=1S/C23H24BrClN4O3S/c1-15-11-20(25)7-10-22(15)28(33(4,31)32)14-23(30)27-26-13-18-12-16(2)29(17(18)3)21-8-5-19(24)6-9-21/h5-13H,14H2,1-4H3,(H,27,30)/b26-13-. The van der Waals surface area contributed by atoms with Gasteiger partial charge in [-0.15, -0.1) is 0 Å². The highest BCUT2D eigenvalue weighted by Crippen LogP contribution is 2.25. The predicted octanol–water partition coefficient (Wildman–Crippen LogP) is 4.73. The summed E-state index contributed by atoms with van der Waals surface area (Å²) >= 11 is 9.41. The van der Waals surface area contributed by atoms with Gasteiger partial charge in [0.1, 0.15) is 6.54 Å². The van der Waals surface area contributed by atoms with Gasteiger partial charge < -0.3 is 4.57 Å². The molecule has 10 heteroatoms. The predicted molar refractivity (Wildman–Crippen MR) is 137 cm³/mol. The summed E-state index contributed by atoms with van der Waals surface area (Å²) in [6.45, 7) is 5.28. The van der Waals surface area contributed by atoms with E-state index in [0.717, 1.165) is 37.7 Å². The van der Waals surface area contributed by atoms with Crippen LogP contribution < -0.4 is 9.73 Å². The van der Waals surface area contributed by atoms with E-state index in [9.17, 15) is 13.2 Å². The summed E-state index contributed by atoms with van der Waals surface area (Å²) in [5, 5.41) is 4.53. The fourth-order valence-corrected chi connectivity index (χ4v) is 4.93. The third-order valence-electron chi connectivity index (χ3n) is 5.06. The zero-order valence-electron chi connectivity index (χ0n) is 18.6. The van der Waals surface area contributed by atoms with Crippen LogP contribution in [0.4, 0.5) is 5.69 Å². The number of carbonyl (C=O) groups excluding carboxylic acids is 1. The maximum atomic E-state index is 12.5. The van der Waals surface area contributed by atoms with E-state index in [4.69, 9.17) is 11.6 Å². The second-order valence-corrected chi connectivity index (χ2v) is 10.9. The van der Waals surface area contributed by atoms with Crippen molar-refractivity contribution < 1.29 is 13.2 Å². The van der Waals surface area contributed by atoms with Gasteiger partial charge in [-0.25, -0.2) is 13.8 Å². The Morgan fingerprint density at radius 3 is 2.42 bits per heavy atom. The van der Waals surface area contributed by atoms with Gasteiger partial charge in [-0.05, 0) is 74.9 Å². The summed E-state index contributed by atoms with van der Waals surface area (Å²) in [5.41, 5.74) is 7.28. The molecule has 0 spiro atoms. The van der Waals surface area contributed by atoms with Crippen molar-refractivity contribution in [3.8, 4) is 5.69 Å². The van der Waals surface area contributed by atoms with E-state index in [-0.39, 0.29) is 0 Å². The second-order valence-electron chi connectivity index (χ2n) is 7.63. The summed E-state index contributed by atoms with van der Waals surface area (Å²) in [6, 6.07) is 14.7. The minimum atomic E-state index is -3.70. The second kappa shape index (κ2) is 10.1. The Morgan fingerprint density at radius 2 is 1.82 bits per heavy atom. The summed E-state index contributed by atoms with van der Waals surface area (Å²) in [6.07, 6.45) is 2.60. The molecule has 0 radical (unpaired) electrons. The number of nitrogens with one attached hydrogen (secondary N) is 1.